The first-order chi connectivity index (χ1) is 13.0. The van der Waals surface area contributed by atoms with Crippen molar-refractivity contribution in [2.75, 3.05) is 22.1 Å². The summed E-state index contributed by atoms with van der Waals surface area (Å²) >= 11 is 0. The summed E-state index contributed by atoms with van der Waals surface area (Å²) in [5, 5.41) is 14.2. The highest BCUT2D eigenvalue weighted by atomic mass is 16.1. The van der Waals surface area contributed by atoms with E-state index < -0.39 is 0 Å². The van der Waals surface area contributed by atoms with Gasteiger partial charge in [0.05, 0.1) is 6.20 Å². The molecular weight excluding hydrogens is 340 g/mol. The molecule has 0 aliphatic rings. The van der Waals surface area contributed by atoms with Gasteiger partial charge in [-0.3, -0.25) is 4.79 Å². The molecule has 0 radical (unpaired) electrons. The van der Waals surface area contributed by atoms with Crippen LogP contribution in [-0.4, -0.2) is 27.6 Å². The molecule has 0 aliphatic heterocycles. The van der Waals surface area contributed by atoms with Gasteiger partial charge < -0.3 is 15.5 Å². The zero-order valence-electron chi connectivity index (χ0n) is 15.6. The van der Waals surface area contributed by atoms with Crippen LogP contribution in [0.5, 0.6) is 0 Å². The van der Waals surface area contributed by atoms with Gasteiger partial charge in [0.15, 0.2) is 5.82 Å². The number of benzene rings is 2. The monoisotopic (exact) mass is 362 g/mol. The van der Waals surface area contributed by atoms with E-state index in [2.05, 4.69) is 44.9 Å². The van der Waals surface area contributed by atoms with E-state index in [4.69, 9.17) is 0 Å². The molecule has 2 N–H and O–H groups in total. The maximum absolute atomic E-state index is 11.2. The molecule has 1 heterocycles. The lowest BCUT2D eigenvalue weighted by Gasteiger charge is -2.21. The fourth-order valence-electron chi connectivity index (χ4n) is 2.73. The van der Waals surface area contributed by atoms with Gasteiger partial charge in [-0.1, -0.05) is 18.2 Å². The Morgan fingerprint density at radius 2 is 1.89 bits per heavy atom. The fourth-order valence-corrected chi connectivity index (χ4v) is 2.73. The first kappa shape index (κ1) is 18.3. The van der Waals surface area contributed by atoms with Gasteiger partial charge in [-0.05, 0) is 49.7 Å². The summed E-state index contributed by atoms with van der Waals surface area (Å²) in [4.78, 5) is 17.8. The molecular formula is C20H22N6O. The third-order valence-corrected chi connectivity index (χ3v) is 3.87. The summed E-state index contributed by atoms with van der Waals surface area (Å²) in [5.74, 6) is 0.979. The molecule has 3 aromatic rings. The zero-order chi connectivity index (χ0) is 19.2. The molecule has 1 amide bonds. The summed E-state index contributed by atoms with van der Waals surface area (Å²) in [6, 6.07) is 15.6. The van der Waals surface area contributed by atoms with Crippen LogP contribution in [0.3, 0.4) is 0 Å². The summed E-state index contributed by atoms with van der Waals surface area (Å²) in [6.07, 6.45) is 1.57. The molecule has 0 atom stereocenters. The Kier molecular flexibility index (Phi) is 5.61. The smallest absolute Gasteiger partial charge is 0.251 e. The van der Waals surface area contributed by atoms with E-state index in [1.54, 1.807) is 6.20 Å². The zero-order valence-corrected chi connectivity index (χ0v) is 15.6. The van der Waals surface area contributed by atoms with Crippen LogP contribution in [0.4, 0.5) is 28.8 Å². The topological polar surface area (TPSA) is 83.0 Å². The first-order valence-electron chi connectivity index (χ1n) is 8.74. The van der Waals surface area contributed by atoms with Crippen molar-refractivity contribution >= 4 is 34.7 Å². The minimum Gasteiger partial charge on any atom is -0.339 e. The molecule has 2 aromatic carbocycles. The van der Waals surface area contributed by atoms with Crippen LogP contribution in [0.25, 0.3) is 0 Å². The standard InChI is InChI=1S/C20H22N6O/c1-4-26(18-10-5-7-14(2)11-18)20-24-19(13-21-25-20)23-17-9-6-8-16(12-17)22-15(3)27/h5-13H,4H2,1-3H3,(H,22,27)(H,23,24,25). The number of hydrogen-bond donors (Lipinski definition) is 2. The summed E-state index contributed by atoms with van der Waals surface area (Å²) in [5.41, 5.74) is 3.70. The van der Waals surface area contributed by atoms with Gasteiger partial charge in [0.2, 0.25) is 5.91 Å². The average molecular weight is 362 g/mol. The van der Waals surface area contributed by atoms with Gasteiger partial charge in [0, 0.05) is 30.5 Å². The summed E-state index contributed by atoms with van der Waals surface area (Å²) < 4.78 is 0. The average Bonchev–Trinajstić information content (AvgIpc) is 2.62. The van der Waals surface area contributed by atoms with Crippen molar-refractivity contribution in [3.8, 4) is 0 Å². The molecule has 0 unspecified atom stereocenters. The molecule has 3 rings (SSSR count). The second kappa shape index (κ2) is 8.27. The van der Waals surface area contributed by atoms with Crippen LogP contribution in [-0.2, 0) is 4.79 Å². The van der Waals surface area contributed by atoms with E-state index in [1.807, 2.05) is 48.2 Å². The molecule has 1 aromatic heterocycles. The van der Waals surface area contributed by atoms with Crippen LogP contribution >= 0.6 is 0 Å². The molecule has 0 bridgehead atoms. The second-order valence-electron chi connectivity index (χ2n) is 6.11. The highest BCUT2D eigenvalue weighted by molar-refractivity contribution is 5.89. The molecule has 0 fully saturated rings. The predicted molar refractivity (Wildman–Crippen MR) is 108 cm³/mol. The van der Waals surface area contributed by atoms with E-state index in [0.29, 0.717) is 24.0 Å². The summed E-state index contributed by atoms with van der Waals surface area (Å²) in [6.45, 7) is 6.29. The lowest BCUT2D eigenvalue weighted by atomic mass is 10.2. The Balaban J connectivity index is 1.84. The van der Waals surface area contributed by atoms with Crippen molar-refractivity contribution in [3.05, 3.63) is 60.3 Å². The van der Waals surface area contributed by atoms with Crippen LogP contribution in [0.2, 0.25) is 0 Å². The van der Waals surface area contributed by atoms with Crippen molar-refractivity contribution < 1.29 is 4.79 Å². The minimum atomic E-state index is -0.116. The third kappa shape index (κ3) is 4.78. The van der Waals surface area contributed by atoms with Gasteiger partial charge >= 0.3 is 0 Å². The van der Waals surface area contributed by atoms with E-state index in [-0.39, 0.29) is 5.91 Å². The molecule has 0 saturated carbocycles. The highest BCUT2D eigenvalue weighted by Gasteiger charge is 2.12. The Bertz CT molecular complexity index is 943. The van der Waals surface area contributed by atoms with Crippen molar-refractivity contribution in [2.24, 2.45) is 0 Å². The number of aryl methyl sites for hydroxylation is 1. The molecule has 7 heteroatoms. The van der Waals surface area contributed by atoms with Crippen molar-refractivity contribution in [1.29, 1.82) is 0 Å². The van der Waals surface area contributed by atoms with Gasteiger partial charge in [-0.25, -0.2) is 0 Å². The number of anilines is 5. The molecule has 0 saturated heterocycles. The number of carbonyl (C=O) groups excluding carboxylic acids is 1. The predicted octanol–water partition coefficient (Wildman–Crippen LogP) is 4.04. The van der Waals surface area contributed by atoms with Gasteiger partial charge in [0.1, 0.15) is 0 Å². The third-order valence-electron chi connectivity index (χ3n) is 3.87. The number of carbonyl (C=O) groups is 1. The van der Waals surface area contributed by atoms with Gasteiger partial charge in [0.25, 0.3) is 5.95 Å². The number of amides is 1. The maximum Gasteiger partial charge on any atom is 0.251 e. The highest BCUT2D eigenvalue weighted by Crippen LogP contribution is 2.24. The fraction of sp³-hybridized carbons (Fsp3) is 0.200. The molecule has 138 valence electrons. The van der Waals surface area contributed by atoms with E-state index in [0.717, 1.165) is 11.4 Å². The Morgan fingerprint density at radius 3 is 2.63 bits per heavy atom. The maximum atomic E-state index is 11.2. The van der Waals surface area contributed by atoms with E-state index >= 15 is 0 Å². The SMILES string of the molecule is CCN(c1cccc(C)c1)c1nncc(Nc2cccc(NC(C)=O)c2)n1. The quantitative estimate of drug-likeness (QED) is 0.689. The first-order valence-corrected chi connectivity index (χ1v) is 8.74. The largest absolute Gasteiger partial charge is 0.339 e. The lowest BCUT2D eigenvalue weighted by molar-refractivity contribution is -0.114. The van der Waals surface area contributed by atoms with E-state index in [9.17, 15) is 4.79 Å². The van der Waals surface area contributed by atoms with Crippen LogP contribution in [0.1, 0.15) is 19.4 Å². The lowest BCUT2D eigenvalue weighted by Crippen LogP contribution is -2.19. The van der Waals surface area contributed by atoms with Crippen molar-refractivity contribution in [2.45, 2.75) is 20.8 Å². The Hall–Kier alpha value is -3.48. The van der Waals surface area contributed by atoms with E-state index in [1.165, 1.54) is 12.5 Å². The Labute approximate surface area is 158 Å². The molecule has 0 aliphatic carbocycles. The normalized spacial score (nSPS) is 10.3. The number of rotatable bonds is 6. The second-order valence-corrected chi connectivity index (χ2v) is 6.11. The van der Waals surface area contributed by atoms with Crippen LogP contribution in [0, 0.1) is 6.92 Å². The molecule has 0 spiro atoms. The Morgan fingerprint density at radius 1 is 1.11 bits per heavy atom. The van der Waals surface area contributed by atoms with Gasteiger partial charge in [-0.2, -0.15) is 10.1 Å². The van der Waals surface area contributed by atoms with Crippen molar-refractivity contribution in [1.82, 2.24) is 15.2 Å². The number of hydrogen-bond acceptors (Lipinski definition) is 6. The molecule has 27 heavy (non-hydrogen) atoms. The van der Waals surface area contributed by atoms with Crippen LogP contribution < -0.4 is 15.5 Å². The number of nitrogens with one attached hydrogen (secondary N) is 2. The number of nitrogens with zero attached hydrogens (tertiary/aromatic N) is 4. The molecule has 7 nitrogen and oxygen atoms in total. The summed E-state index contributed by atoms with van der Waals surface area (Å²) in [7, 11) is 0. The van der Waals surface area contributed by atoms with Crippen molar-refractivity contribution in [3.63, 3.8) is 0 Å². The van der Waals surface area contributed by atoms with Crippen LogP contribution in [0.15, 0.2) is 54.7 Å². The van der Waals surface area contributed by atoms with Gasteiger partial charge in [-0.15, -0.1) is 5.10 Å². The number of aromatic nitrogens is 3. The minimum absolute atomic E-state index is 0.116.